The van der Waals surface area contributed by atoms with Crippen LogP contribution < -0.4 is 67.1 Å². The molecule has 0 aliphatic heterocycles. The maximum atomic E-state index is 10.3. The fourth-order valence-corrected chi connectivity index (χ4v) is 1.11. The Hall–Kier alpha value is 0.726. The number of aliphatic carboxylic acids is 1. The van der Waals surface area contributed by atoms with E-state index >= 15 is 0 Å². The van der Waals surface area contributed by atoms with Gasteiger partial charge in [-0.05, 0) is 20.3 Å². The van der Waals surface area contributed by atoms with Crippen molar-refractivity contribution in [3.8, 4) is 0 Å². The summed E-state index contributed by atoms with van der Waals surface area (Å²) in [5, 5.41) is 25.6. The Morgan fingerprint density at radius 2 is 2.12 bits per heavy atom. The molecule has 0 fully saturated rings. The molecule has 0 radical (unpaired) electrons. The second kappa shape index (κ2) is 13.2. The molecule has 17 heavy (non-hydrogen) atoms. The van der Waals surface area contributed by atoms with Gasteiger partial charge < -0.3 is 25.6 Å². The van der Waals surface area contributed by atoms with E-state index < -0.39 is 18.1 Å². The monoisotopic (exact) mass is 268 g/mol. The van der Waals surface area contributed by atoms with Crippen LogP contribution in [0.2, 0.25) is 0 Å². The summed E-state index contributed by atoms with van der Waals surface area (Å²) < 4.78 is 0. The van der Waals surface area contributed by atoms with Gasteiger partial charge >= 0.3 is 51.4 Å². The Labute approximate surface area is 145 Å². The molecule has 6 heteroatoms. The average molecular weight is 268 g/mol. The van der Waals surface area contributed by atoms with E-state index in [1.807, 2.05) is 19.1 Å². The second-order valence-electron chi connectivity index (χ2n) is 3.66. The van der Waals surface area contributed by atoms with Crippen molar-refractivity contribution in [2.45, 2.75) is 32.4 Å². The Morgan fingerprint density at radius 3 is 2.65 bits per heavy atom. The summed E-state index contributed by atoms with van der Waals surface area (Å²) in [7, 11) is 0. The Kier molecular flexibility index (Phi) is 15.5. The number of carbonyl (C=O) groups is 1. The summed E-state index contributed by atoms with van der Waals surface area (Å²) in [4.78, 5) is 10.3. The second-order valence-corrected chi connectivity index (χ2v) is 3.66. The number of carbonyl (C=O) groups excluding carboxylic acids is 1. The third kappa shape index (κ3) is 13.0. The topological polar surface area (TPSA) is 84.4 Å². The summed E-state index contributed by atoms with van der Waals surface area (Å²) in [6.07, 6.45) is 4.04. The molecule has 0 amide bonds. The van der Waals surface area contributed by atoms with E-state index in [1.54, 1.807) is 0 Å². The Balaban J connectivity index is 0. The molecule has 0 rings (SSSR count). The van der Waals surface area contributed by atoms with Crippen LogP contribution in [0.5, 0.6) is 0 Å². The summed E-state index contributed by atoms with van der Waals surface area (Å²) in [5.41, 5.74) is 0. The first-order valence-corrected chi connectivity index (χ1v) is 5.52. The van der Waals surface area contributed by atoms with Gasteiger partial charge in [0, 0.05) is 25.7 Å². The van der Waals surface area contributed by atoms with Crippen LogP contribution in [0.3, 0.4) is 0 Å². The molecule has 0 saturated carbocycles. The molecule has 0 spiro atoms. The van der Waals surface area contributed by atoms with Crippen LogP contribution in [0.15, 0.2) is 12.2 Å². The van der Waals surface area contributed by atoms with Gasteiger partial charge in [0.15, 0.2) is 0 Å². The first-order chi connectivity index (χ1) is 7.57. The van der Waals surface area contributed by atoms with Crippen LogP contribution >= 0.6 is 0 Å². The third-order valence-corrected chi connectivity index (χ3v) is 2.13. The quantitative estimate of drug-likeness (QED) is 0.224. The van der Waals surface area contributed by atoms with Gasteiger partial charge in [0.2, 0.25) is 0 Å². The number of carboxylic acids is 1. The van der Waals surface area contributed by atoms with E-state index in [9.17, 15) is 15.0 Å². The zero-order chi connectivity index (χ0) is 12.4. The van der Waals surface area contributed by atoms with Gasteiger partial charge in [0.05, 0.1) is 12.1 Å². The van der Waals surface area contributed by atoms with Crippen LogP contribution in [0, 0.1) is 0 Å². The maximum absolute atomic E-state index is 10.3. The molecule has 0 aromatic carbocycles. The van der Waals surface area contributed by atoms with Crippen molar-refractivity contribution >= 4 is 5.97 Å². The van der Waals surface area contributed by atoms with Gasteiger partial charge in [-0.2, -0.15) is 0 Å². The van der Waals surface area contributed by atoms with Crippen LogP contribution in [-0.2, 0) is 4.79 Å². The molecule has 0 aliphatic rings. The van der Waals surface area contributed by atoms with Gasteiger partial charge in [-0.1, -0.05) is 12.2 Å². The van der Waals surface area contributed by atoms with Crippen molar-refractivity contribution in [3.05, 3.63) is 12.2 Å². The summed E-state index contributed by atoms with van der Waals surface area (Å²) in [6.45, 7) is 5.10. The Morgan fingerprint density at radius 1 is 1.47 bits per heavy atom. The van der Waals surface area contributed by atoms with E-state index in [2.05, 4.69) is 10.6 Å². The molecule has 2 unspecified atom stereocenters. The fraction of sp³-hybridized carbons (Fsp3) is 0.727. The van der Waals surface area contributed by atoms with Gasteiger partial charge in [0.25, 0.3) is 0 Å². The number of allylic oxidation sites excluding steroid dienone is 1. The molecule has 0 bridgehead atoms. The predicted molar refractivity (Wildman–Crippen MR) is 60.8 cm³/mol. The Bertz CT molecular complexity index is 225. The van der Waals surface area contributed by atoms with Crippen LogP contribution in [-0.4, -0.2) is 42.9 Å². The van der Waals surface area contributed by atoms with Crippen molar-refractivity contribution in [2.24, 2.45) is 0 Å². The predicted octanol–water partition coefficient (Wildman–Crippen LogP) is -4.36. The molecule has 2 atom stereocenters. The van der Waals surface area contributed by atoms with E-state index in [0.717, 1.165) is 0 Å². The minimum absolute atomic E-state index is 0. The van der Waals surface area contributed by atoms with E-state index in [4.69, 9.17) is 0 Å². The third-order valence-electron chi connectivity index (χ3n) is 2.13. The number of hydrogen-bond acceptors (Lipinski definition) is 5. The van der Waals surface area contributed by atoms with Crippen LogP contribution in [0.4, 0.5) is 0 Å². The number of rotatable bonds is 9. The normalized spacial score (nSPS) is 14.3. The van der Waals surface area contributed by atoms with Gasteiger partial charge in [0.1, 0.15) is 0 Å². The fourth-order valence-electron chi connectivity index (χ4n) is 1.11. The molecule has 0 aromatic rings. The van der Waals surface area contributed by atoms with Crippen LogP contribution in [0.25, 0.3) is 0 Å². The van der Waals surface area contributed by atoms with Gasteiger partial charge in [-0.15, -0.1) is 0 Å². The zero-order valence-electron chi connectivity index (χ0n) is 10.9. The number of aliphatic hydroxyl groups excluding tert-OH is 1. The summed E-state index contributed by atoms with van der Waals surface area (Å²) in [5.74, 6) is -1.10. The standard InChI is InChI=1S/C11H22N2O3.K/c1-3-4-5-10(14)8-12-6-7-13-9(2)11(15)16;/h3-4,9-10,12-14H,5-8H2,1-2H3,(H,15,16);/q;+1/p-1/b4-3+;. The molecular weight excluding hydrogens is 247 g/mol. The summed E-state index contributed by atoms with van der Waals surface area (Å²) >= 11 is 0. The maximum Gasteiger partial charge on any atom is 1.00 e. The molecule has 0 aliphatic carbocycles. The SMILES string of the molecule is C/C=C/CC(O)CNCCNC(C)C(=O)[O-].[K+]. The first kappa shape index (κ1) is 20.1. The number of nitrogens with one attached hydrogen (secondary N) is 2. The number of carboxylic acid groups (broad SMARTS) is 1. The van der Waals surface area contributed by atoms with Crippen molar-refractivity contribution in [2.75, 3.05) is 19.6 Å². The van der Waals surface area contributed by atoms with Crippen molar-refractivity contribution in [1.29, 1.82) is 0 Å². The molecule has 0 aromatic heterocycles. The van der Waals surface area contributed by atoms with E-state index in [0.29, 0.717) is 26.1 Å². The van der Waals surface area contributed by atoms with Crippen molar-refractivity contribution < 1.29 is 66.4 Å². The number of aliphatic hydroxyl groups is 1. The van der Waals surface area contributed by atoms with Gasteiger partial charge in [-0.25, -0.2) is 0 Å². The smallest absolute Gasteiger partial charge is 0.548 e. The average Bonchev–Trinajstić information content (AvgIpc) is 2.25. The first-order valence-electron chi connectivity index (χ1n) is 5.52. The van der Waals surface area contributed by atoms with Crippen molar-refractivity contribution in [1.82, 2.24) is 10.6 Å². The van der Waals surface area contributed by atoms with E-state index in [1.165, 1.54) is 6.92 Å². The number of hydrogen-bond donors (Lipinski definition) is 3. The van der Waals surface area contributed by atoms with Crippen molar-refractivity contribution in [3.63, 3.8) is 0 Å². The molecule has 0 heterocycles. The minimum Gasteiger partial charge on any atom is -0.548 e. The molecule has 5 nitrogen and oxygen atoms in total. The molecule has 94 valence electrons. The molecular formula is C11H21KN2O3. The summed E-state index contributed by atoms with van der Waals surface area (Å²) in [6, 6.07) is -0.644. The molecule has 0 saturated heterocycles. The van der Waals surface area contributed by atoms with Crippen LogP contribution in [0.1, 0.15) is 20.3 Å². The minimum atomic E-state index is -1.10. The largest absolute Gasteiger partial charge is 1.00 e. The molecule has 3 N–H and O–H groups in total. The van der Waals surface area contributed by atoms with Gasteiger partial charge in [-0.3, -0.25) is 0 Å². The van der Waals surface area contributed by atoms with E-state index in [-0.39, 0.29) is 51.4 Å². The zero-order valence-corrected chi connectivity index (χ0v) is 14.0.